The molecule has 0 radical (unpaired) electrons. The first kappa shape index (κ1) is 9.97. The summed E-state index contributed by atoms with van der Waals surface area (Å²) in [5.41, 5.74) is 0.140. The first-order chi connectivity index (χ1) is 6.64. The lowest BCUT2D eigenvalue weighted by atomic mass is 10.0. The van der Waals surface area contributed by atoms with Crippen molar-refractivity contribution in [3.05, 3.63) is 0 Å². The average molecular weight is 196 g/mol. The van der Waals surface area contributed by atoms with Gasteiger partial charge in [-0.05, 0) is 38.1 Å². The molecule has 0 spiro atoms. The maximum atomic E-state index is 11.8. The van der Waals surface area contributed by atoms with Gasteiger partial charge < -0.3 is 10.6 Å². The molecule has 1 heterocycles. The summed E-state index contributed by atoms with van der Waals surface area (Å²) in [5.74, 6) is 0.779. The molecule has 2 rings (SSSR count). The number of nitrogens with one attached hydrogen (secondary N) is 2. The van der Waals surface area contributed by atoms with Gasteiger partial charge >= 0.3 is 0 Å². The van der Waals surface area contributed by atoms with E-state index in [0.29, 0.717) is 5.92 Å². The van der Waals surface area contributed by atoms with E-state index in [1.54, 1.807) is 0 Å². The van der Waals surface area contributed by atoms with Crippen molar-refractivity contribution < 1.29 is 4.79 Å². The van der Waals surface area contributed by atoms with Crippen LogP contribution in [-0.2, 0) is 4.79 Å². The van der Waals surface area contributed by atoms with Crippen LogP contribution in [0.25, 0.3) is 0 Å². The van der Waals surface area contributed by atoms with Crippen LogP contribution in [0.15, 0.2) is 0 Å². The van der Waals surface area contributed by atoms with Crippen LogP contribution in [0.2, 0.25) is 0 Å². The van der Waals surface area contributed by atoms with Crippen molar-refractivity contribution >= 4 is 5.91 Å². The van der Waals surface area contributed by atoms with E-state index < -0.39 is 0 Å². The van der Waals surface area contributed by atoms with Gasteiger partial charge in [0.15, 0.2) is 0 Å². The fourth-order valence-electron chi connectivity index (χ4n) is 2.22. The third-order valence-electron chi connectivity index (χ3n) is 3.64. The van der Waals surface area contributed by atoms with Crippen LogP contribution in [0.1, 0.15) is 39.5 Å². The Balaban J connectivity index is 1.88. The van der Waals surface area contributed by atoms with Crippen LogP contribution in [-0.4, -0.2) is 24.0 Å². The minimum Gasteiger partial charge on any atom is -0.349 e. The van der Waals surface area contributed by atoms with Crippen molar-refractivity contribution in [3.63, 3.8) is 0 Å². The van der Waals surface area contributed by atoms with E-state index in [4.69, 9.17) is 0 Å². The molecule has 0 aromatic heterocycles. The molecule has 2 N–H and O–H groups in total. The molecule has 0 unspecified atom stereocenters. The Bertz CT molecular complexity index is 227. The molecule has 2 aliphatic rings. The normalized spacial score (nSPS) is 29.2. The number of carbonyl (C=O) groups excluding carboxylic acids is 1. The van der Waals surface area contributed by atoms with Crippen molar-refractivity contribution in [2.24, 2.45) is 5.92 Å². The van der Waals surface area contributed by atoms with Gasteiger partial charge in [0.1, 0.15) is 0 Å². The van der Waals surface area contributed by atoms with Gasteiger partial charge in [0.2, 0.25) is 5.91 Å². The molecule has 3 nitrogen and oxygen atoms in total. The van der Waals surface area contributed by atoms with E-state index in [1.807, 2.05) is 0 Å². The summed E-state index contributed by atoms with van der Waals surface area (Å²) in [6, 6.07) is 0.0752. The highest BCUT2D eigenvalue weighted by Gasteiger charge is 2.47. The van der Waals surface area contributed by atoms with Crippen molar-refractivity contribution in [1.29, 1.82) is 0 Å². The SMILES string of the molecule is CC(C)C1(NC(=O)[C@@H]2CCCN2)CC1. The second kappa shape index (κ2) is 3.54. The van der Waals surface area contributed by atoms with Gasteiger partial charge in [0, 0.05) is 5.54 Å². The predicted octanol–water partition coefficient (Wildman–Crippen LogP) is 1.04. The summed E-state index contributed by atoms with van der Waals surface area (Å²) in [6.45, 7) is 5.37. The molecule has 14 heavy (non-hydrogen) atoms. The van der Waals surface area contributed by atoms with Crippen molar-refractivity contribution in [1.82, 2.24) is 10.6 Å². The van der Waals surface area contributed by atoms with Gasteiger partial charge in [-0.25, -0.2) is 0 Å². The van der Waals surface area contributed by atoms with E-state index >= 15 is 0 Å². The Morgan fingerprint density at radius 2 is 2.21 bits per heavy atom. The molecule has 1 saturated heterocycles. The summed E-state index contributed by atoms with van der Waals surface area (Å²) in [7, 11) is 0. The fraction of sp³-hybridized carbons (Fsp3) is 0.909. The zero-order valence-electron chi connectivity index (χ0n) is 9.10. The molecular weight excluding hydrogens is 176 g/mol. The van der Waals surface area contributed by atoms with E-state index in [-0.39, 0.29) is 17.5 Å². The first-order valence-electron chi connectivity index (χ1n) is 5.69. The Labute approximate surface area is 85.6 Å². The van der Waals surface area contributed by atoms with Crippen LogP contribution in [0.3, 0.4) is 0 Å². The smallest absolute Gasteiger partial charge is 0.237 e. The highest BCUT2D eigenvalue weighted by Crippen LogP contribution is 2.42. The lowest BCUT2D eigenvalue weighted by Crippen LogP contribution is -2.48. The van der Waals surface area contributed by atoms with Gasteiger partial charge in [0.05, 0.1) is 6.04 Å². The molecule has 1 atom stereocenters. The number of hydrogen-bond acceptors (Lipinski definition) is 2. The highest BCUT2D eigenvalue weighted by atomic mass is 16.2. The Morgan fingerprint density at radius 1 is 1.50 bits per heavy atom. The molecule has 3 heteroatoms. The first-order valence-corrected chi connectivity index (χ1v) is 5.69. The van der Waals surface area contributed by atoms with Crippen LogP contribution < -0.4 is 10.6 Å². The molecule has 0 bridgehead atoms. The van der Waals surface area contributed by atoms with E-state index in [2.05, 4.69) is 24.5 Å². The molecule has 1 amide bonds. The molecule has 80 valence electrons. The second-order valence-electron chi connectivity index (χ2n) is 4.95. The van der Waals surface area contributed by atoms with E-state index in [0.717, 1.165) is 32.2 Å². The lowest BCUT2D eigenvalue weighted by molar-refractivity contribution is -0.124. The third-order valence-corrected chi connectivity index (χ3v) is 3.64. The van der Waals surface area contributed by atoms with Gasteiger partial charge in [-0.15, -0.1) is 0 Å². The lowest BCUT2D eigenvalue weighted by Gasteiger charge is -2.23. The van der Waals surface area contributed by atoms with Crippen molar-refractivity contribution in [2.45, 2.75) is 51.1 Å². The van der Waals surface area contributed by atoms with Crippen LogP contribution in [0.4, 0.5) is 0 Å². The van der Waals surface area contributed by atoms with E-state index in [1.165, 1.54) is 0 Å². The Kier molecular flexibility index (Phi) is 2.52. The van der Waals surface area contributed by atoms with E-state index in [9.17, 15) is 4.79 Å². The molecule has 1 saturated carbocycles. The minimum absolute atomic E-state index is 0.0752. The zero-order valence-corrected chi connectivity index (χ0v) is 9.10. The maximum absolute atomic E-state index is 11.8. The second-order valence-corrected chi connectivity index (χ2v) is 4.95. The van der Waals surface area contributed by atoms with Crippen molar-refractivity contribution in [3.8, 4) is 0 Å². The third kappa shape index (κ3) is 1.78. The quantitative estimate of drug-likeness (QED) is 0.708. The fourth-order valence-corrected chi connectivity index (χ4v) is 2.22. The molecular formula is C11H20N2O. The monoisotopic (exact) mass is 196 g/mol. The molecule has 0 aromatic rings. The summed E-state index contributed by atoms with van der Waals surface area (Å²) < 4.78 is 0. The van der Waals surface area contributed by atoms with Gasteiger partial charge in [-0.1, -0.05) is 13.8 Å². The molecule has 1 aliphatic heterocycles. The summed E-state index contributed by atoms with van der Waals surface area (Å²) in [4.78, 5) is 11.8. The highest BCUT2D eigenvalue weighted by molar-refractivity contribution is 5.83. The Morgan fingerprint density at radius 3 is 2.64 bits per heavy atom. The largest absolute Gasteiger partial charge is 0.349 e. The zero-order chi connectivity index (χ0) is 10.2. The molecule has 2 fully saturated rings. The van der Waals surface area contributed by atoms with Gasteiger partial charge in [0.25, 0.3) is 0 Å². The number of rotatable bonds is 3. The minimum atomic E-state index is 0.0752. The summed E-state index contributed by atoms with van der Waals surface area (Å²) >= 11 is 0. The van der Waals surface area contributed by atoms with Gasteiger partial charge in [-0.3, -0.25) is 4.79 Å². The summed E-state index contributed by atoms with van der Waals surface area (Å²) in [6.07, 6.45) is 4.44. The number of carbonyl (C=O) groups is 1. The van der Waals surface area contributed by atoms with Gasteiger partial charge in [-0.2, -0.15) is 0 Å². The van der Waals surface area contributed by atoms with Crippen LogP contribution in [0.5, 0.6) is 0 Å². The Hall–Kier alpha value is -0.570. The number of hydrogen-bond donors (Lipinski definition) is 2. The average Bonchev–Trinajstić information content (AvgIpc) is 2.74. The standard InChI is InChI=1S/C11H20N2O/c1-8(2)11(5-6-11)13-10(14)9-4-3-7-12-9/h8-9,12H,3-7H2,1-2H3,(H,13,14)/t9-/m0/s1. The predicted molar refractivity (Wildman–Crippen MR) is 56.0 cm³/mol. The number of amides is 1. The van der Waals surface area contributed by atoms with Crippen LogP contribution in [0, 0.1) is 5.92 Å². The topological polar surface area (TPSA) is 41.1 Å². The summed E-state index contributed by atoms with van der Waals surface area (Å²) in [5, 5.41) is 6.44. The van der Waals surface area contributed by atoms with Crippen molar-refractivity contribution in [2.75, 3.05) is 6.54 Å². The maximum Gasteiger partial charge on any atom is 0.237 e. The molecule has 0 aromatic carbocycles. The van der Waals surface area contributed by atoms with Crippen LogP contribution >= 0.6 is 0 Å². The molecule has 1 aliphatic carbocycles.